The van der Waals surface area contributed by atoms with Gasteiger partial charge < -0.3 is 10.8 Å². The maximum atomic E-state index is 9.56. The monoisotopic (exact) mass is 223 g/mol. The molecule has 15 heavy (non-hydrogen) atoms. The predicted molar refractivity (Wildman–Crippen MR) is 62.1 cm³/mol. The van der Waals surface area contributed by atoms with Crippen molar-refractivity contribution < 1.29 is 5.11 Å². The highest BCUT2D eigenvalue weighted by molar-refractivity contribution is 7.10. The van der Waals surface area contributed by atoms with Gasteiger partial charge >= 0.3 is 0 Å². The first-order chi connectivity index (χ1) is 7.28. The molecule has 3 heteroatoms. The van der Waals surface area contributed by atoms with Crippen LogP contribution in [0.1, 0.15) is 29.7 Å². The van der Waals surface area contributed by atoms with E-state index in [1.165, 1.54) is 29.7 Å². The van der Waals surface area contributed by atoms with Crippen molar-refractivity contribution in [3.8, 4) is 0 Å². The Hall–Kier alpha value is -0.380. The van der Waals surface area contributed by atoms with Crippen LogP contribution in [-0.4, -0.2) is 18.3 Å². The van der Waals surface area contributed by atoms with E-state index < -0.39 is 0 Å². The third-order valence-electron chi connectivity index (χ3n) is 4.49. The number of nitrogens with two attached hydrogens (primary N) is 1. The maximum Gasteiger partial charge on any atom is 0.0508 e. The number of aryl methyl sites for hydroxylation is 1. The van der Waals surface area contributed by atoms with Crippen LogP contribution >= 0.6 is 11.3 Å². The van der Waals surface area contributed by atoms with Gasteiger partial charge in [-0.25, -0.2) is 0 Å². The van der Waals surface area contributed by atoms with Crippen molar-refractivity contribution in [2.24, 2.45) is 11.1 Å². The zero-order chi connectivity index (χ0) is 10.5. The first kappa shape index (κ1) is 9.82. The topological polar surface area (TPSA) is 46.2 Å². The molecule has 1 spiro atoms. The molecule has 2 aliphatic carbocycles. The molecule has 3 N–H and O–H groups in total. The molecule has 1 aromatic heterocycles. The molecule has 2 aliphatic rings. The summed E-state index contributed by atoms with van der Waals surface area (Å²) in [5.41, 5.74) is 7.60. The van der Waals surface area contributed by atoms with Crippen molar-refractivity contribution in [3.63, 3.8) is 0 Å². The molecule has 0 amide bonds. The van der Waals surface area contributed by atoms with E-state index in [4.69, 9.17) is 5.73 Å². The Labute approximate surface area is 94.1 Å². The molecule has 1 saturated carbocycles. The Morgan fingerprint density at radius 3 is 3.07 bits per heavy atom. The van der Waals surface area contributed by atoms with E-state index in [1.807, 2.05) is 11.3 Å². The van der Waals surface area contributed by atoms with Gasteiger partial charge in [-0.2, -0.15) is 0 Å². The highest BCUT2D eigenvalue weighted by Crippen LogP contribution is 2.68. The molecule has 0 saturated heterocycles. The minimum atomic E-state index is 0.00322. The number of aliphatic hydroxyl groups excluding tert-OH is 1. The van der Waals surface area contributed by atoms with Crippen molar-refractivity contribution >= 4 is 11.3 Å². The van der Waals surface area contributed by atoms with E-state index in [9.17, 15) is 5.11 Å². The fourth-order valence-electron chi connectivity index (χ4n) is 3.45. The summed E-state index contributed by atoms with van der Waals surface area (Å²) in [4.78, 5) is 1.53. The second-order valence-electron chi connectivity index (χ2n) is 5.01. The maximum absolute atomic E-state index is 9.56. The quantitative estimate of drug-likeness (QED) is 0.801. The van der Waals surface area contributed by atoms with Gasteiger partial charge in [0.25, 0.3) is 0 Å². The van der Waals surface area contributed by atoms with E-state index in [0.29, 0.717) is 6.54 Å². The van der Waals surface area contributed by atoms with Crippen LogP contribution in [0.3, 0.4) is 0 Å². The van der Waals surface area contributed by atoms with E-state index in [0.717, 1.165) is 6.42 Å². The van der Waals surface area contributed by atoms with E-state index >= 15 is 0 Å². The number of hydrogen-bond acceptors (Lipinski definition) is 3. The van der Waals surface area contributed by atoms with Crippen molar-refractivity contribution in [3.05, 3.63) is 21.9 Å². The van der Waals surface area contributed by atoms with Crippen LogP contribution in [0.5, 0.6) is 0 Å². The summed E-state index contributed by atoms with van der Waals surface area (Å²) in [5, 5.41) is 11.7. The molecule has 1 aromatic rings. The summed E-state index contributed by atoms with van der Waals surface area (Å²) in [6.45, 7) is 0.873. The Morgan fingerprint density at radius 2 is 2.40 bits per heavy atom. The van der Waals surface area contributed by atoms with Crippen molar-refractivity contribution in [1.82, 2.24) is 0 Å². The molecule has 3 rings (SSSR count). The summed E-state index contributed by atoms with van der Waals surface area (Å²) in [5.74, 6) is 0. The van der Waals surface area contributed by atoms with Gasteiger partial charge in [-0.1, -0.05) is 0 Å². The van der Waals surface area contributed by atoms with Gasteiger partial charge in [0.2, 0.25) is 0 Å². The lowest BCUT2D eigenvalue weighted by Crippen LogP contribution is -2.31. The van der Waals surface area contributed by atoms with Crippen molar-refractivity contribution in [1.29, 1.82) is 0 Å². The highest BCUT2D eigenvalue weighted by atomic mass is 32.1. The second-order valence-corrected chi connectivity index (χ2v) is 6.01. The number of hydrogen-bond donors (Lipinski definition) is 2. The minimum Gasteiger partial charge on any atom is -0.396 e. The smallest absolute Gasteiger partial charge is 0.0508 e. The molecule has 0 radical (unpaired) electrons. The van der Waals surface area contributed by atoms with Crippen LogP contribution in [0.25, 0.3) is 0 Å². The average Bonchev–Trinajstić information content (AvgIpc) is 2.67. The van der Waals surface area contributed by atoms with Crippen LogP contribution in [0.4, 0.5) is 0 Å². The third-order valence-corrected chi connectivity index (χ3v) is 5.47. The lowest BCUT2D eigenvalue weighted by molar-refractivity contribution is 0.190. The van der Waals surface area contributed by atoms with Gasteiger partial charge in [0.1, 0.15) is 0 Å². The third kappa shape index (κ3) is 1.06. The molecule has 2 atom stereocenters. The molecule has 82 valence electrons. The summed E-state index contributed by atoms with van der Waals surface area (Å²) in [6, 6.07) is 2.26. The normalized spacial score (nSPS) is 38.0. The number of fused-ring (bicyclic) bond motifs is 2. The van der Waals surface area contributed by atoms with Gasteiger partial charge in [-0.15, -0.1) is 11.3 Å². The molecule has 2 nitrogen and oxygen atoms in total. The van der Waals surface area contributed by atoms with Crippen molar-refractivity contribution in [2.45, 2.75) is 31.1 Å². The molecule has 0 bridgehead atoms. The summed E-state index contributed by atoms with van der Waals surface area (Å²) in [7, 11) is 0. The standard InChI is InChI=1S/C12H17NOS/c13-7-11(8-14)6-12(11)4-1-2-10-9(12)3-5-15-10/h3,5,14H,1-2,4,6-8,13H2. The van der Waals surface area contributed by atoms with E-state index in [-0.39, 0.29) is 17.4 Å². The predicted octanol–water partition coefficient (Wildman–Crippen LogP) is 1.66. The van der Waals surface area contributed by atoms with Gasteiger partial charge in [-0.05, 0) is 42.7 Å². The number of aliphatic hydroxyl groups is 1. The summed E-state index contributed by atoms with van der Waals surface area (Å²) >= 11 is 1.87. The Kier molecular flexibility index (Phi) is 2.00. The van der Waals surface area contributed by atoms with Crippen LogP contribution in [0, 0.1) is 5.41 Å². The second kappa shape index (κ2) is 3.06. The zero-order valence-electron chi connectivity index (χ0n) is 8.83. The molecule has 1 heterocycles. The Morgan fingerprint density at radius 1 is 1.53 bits per heavy atom. The first-order valence-corrected chi connectivity index (χ1v) is 6.54. The highest BCUT2D eigenvalue weighted by Gasteiger charge is 2.67. The average molecular weight is 223 g/mol. The lowest BCUT2D eigenvalue weighted by atomic mass is 9.78. The van der Waals surface area contributed by atoms with Crippen molar-refractivity contribution in [2.75, 3.05) is 13.2 Å². The Balaban J connectivity index is 2.04. The van der Waals surface area contributed by atoms with Crippen LogP contribution in [-0.2, 0) is 11.8 Å². The number of rotatable bonds is 2. The zero-order valence-corrected chi connectivity index (χ0v) is 9.65. The SMILES string of the molecule is NCC1(CO)CC12CCCc1sccc12. The summed E-state index contributed by atoms with van der Waals surface area (Å²) < 4.78 is 0. The van der Waals surface area contributed by atoms with Crippen LogP contribution in [0.15, 0.2) is 11.4 Å². The van der Waals surface area contributed by atoms with Gasteiger partial charge in [0, 0.05) is 22.3 Å². The van der Waals surface area contributed by atoms with Crippen LogP contribution in [0.2, 0.25) is 0 Å². The van der Waals surface area contributed by atoms with Gasteiger partial charge in [-0.3, -0.25) is 0 Å². The minimum absolute atomic E-state index is 0.00322. The fraction of sp³-hybridized carbons (Fsp3) is 0.667. The molecular weight excluding hydrogens is 206 g/mol. The molecule has 2 unspecified atom stereocenters. The van der Waals surface area contributed by atoms with Crippen LogP contribution < -0.4 is 5.73 Å². The number of thiophene rings is 1. The fourth-order valence-corrected chi connectivity index (χ4v) is 4.47. The largest absolute Gasteiger partial charge is 0.396 e. The van der Waals surface area contributed by atoms with E-state index in [2.05, 4.69) is 11.4 Å². The molecule has 0 aromatic carbocycles. The molecular formula is C12H17NOS. The summed E-state index contributed by atoms with van der Waals surface area (Å²) in [6.07, 6.45) is 4.79. The molecule has 0 aliphatic heterocycles. The van der Waals surface area contributed by atoms with Gasteiger partial charge in [0.05, 0.1) is 6.61 Å². The Bertz CT molecular complexity index is 383. The first-order valence-electron chi connectivity index (χ1n) is 5.66. The molecule has 1 fully saturated rings. The lowest BCUT2D eigenvalue weighted by Gasteiger charge is -2.28. The van der Waals surface area contributed by atoms with E-state index in [1.54, 1.807) is 0 Å². The van der Waals surface area contributed by atoms with Gasteiger partial charge in [0.15, 0.2) is 0 Å².